The molecule has 0 unspecified atom stereocenters. The van der Waals surface area contributed by atoms with E-state index < -0.39 is 0 Å². The van der Waals surface area contributed by atoms with E-state index in [-0.39, 0.29) is 17.1 Å². The number of rotatable bonds is 3. The lowest BCUT2D eigenvalue weighted by Crippen LogP contribution is -2.44. The Morgan fingerprint density at radius 1 is 1.50 bits per heavy atom. The van der Waals surface area contributed by atoms with Crippen LogP contribution >= 0.6 is 39.0 Å². The first-order valence-corrected chi connectivity index (χ1v) is 8.67. The summed E-state index contributed by atoms with van der Waals surface area (Å²) in [4.78, 5) is 26.3. The Hall–Kier alpha value is -0.790. The van der Waals surface area contributed by atoms with E-state index in [1.165, 1.54) is 18.9 Å². The van der Waals surface area contributed by atoms with Gasteiger partial charge in [0.25, 0.3) is 0 Å². The molecule has 0 aliphatic carbocycles. The van der Waals surface area contributed by atoms with Crippen LogP contribution in [0, 0.1) is 0 Å². The Labute approximate surface area is 134 Å². The van der Waals surface area contributed by atoms with Gasteiger partial charge in [0.15, 0.2) is 0 Å². The van der Waals surface area contributed by atoms with Crippen molar-refractivity contribution in [2.45, 2.75) is 5.25 Å². The second-order valence-electron chi connectivity index (χ2n) is 4.14. The van der Waals surface area contributed by atoms with Gasteiger partial charge in [0.2, 0.25) is 5.91 Å². The Morgan fingerprint density at radius 2 is 2.30 bits per heavy atom. The molecule has 20 heavy (non-hydrogen) atoms. The normalized spacial score (nSPS) is 19.3. The van der Waals surface area contributed by atoms with E-state index in [0.29, 0.717) is 13.1 Å². The molecule has 2 heterocycles. The molecule has 1 saturated heterocycles. The van der Waals surface area contributed by atoms with E-state index in [1.54, 1.807) is 28.4 Å². The van der Waals surface area contributed by atoms with E-state index in [4.69, 9.17) is 4.74 Å². The van der Waals surface area contributed by atoms with Crippen molar-refractivity contribution in [3.8, 4) is 0 Å². The molecule has 0 radical (unpaired) electrons. The predicted octanol–water partition coefficient (Wildman–Crippen LogP) is 2.64. The van der Waals surface area contributed by atoms with Gasteiger partial charge in [-0.15, -0.1) is 23.1 Å². The second-order valence-corrected chi connectivity index (χ2v) is 7.95. The molecule has 0 N–H and O–H groups in total. The molecule has 1 aliphatic heterocycles. The Bertz CT molecular complexity index is 529. The SMILES string of the molecule is COC(=O)[C@@H]1CN(C(=O)/C=C/c2ccc(Br)s2)CCS1. The predicted molar refractivity (Wildman–Crippen MR) is 85.9 cm³/mol. The molecule has 4 nitrogen and oxygen atoms in total. The van der Waals surface area contributed by atoms with E-state index in [1.807, 2.05) is 12.1 Å². The molecule has 0 aromatic carbocycles. The van der Waals surface area contributed by atoms with Crippen LogP contribution in [0.1, 0.15) is 4.88 Å². The molecule has 0 saturated carbocycles. The molecule has 1 aromatic rings. The van der Waals surface area contributed by atoms with Crippen LogP contribution in [0.2, 0.25) is 0 Å². The van der Waals surface area contributed by atoms with Gasteiger partial charge in [-0.2, -0.15) is 0 Å². The van der Waals surface area contributed by atoms with Crippen molar-refractivity contribution in [2.24, 2.45) is 0 Å². The van der Waals surface area contributed by atoms with Gasteiger partial charge in [-0.05, 0) is 34.1 Å². The van der Waals surface area contributed by atoms with Crippen LogP contribution in [0.15, 0.2) is 22.0 Å². The number of amides is 1. The van der Waals surface area contributed by atoms with Crippen LogP contribution in [0.25, 0.3) is 6.08 Å². The van der Waals surface area contributed by atoms with E-state index >= 15 is 0 Å². The van der Waals surface area contributed by atoms with Crippen molar-refractivity contribution in [1.29, 1.82) is 0 Å². The summed E-state index contributed by atoms with van der Waals surface area (Å²) in [5.74, 6) is 0.423. The number of ether oxygens (including phenoxy) is 1. The highest BCUT2D eigenvalue weighted by Crippen LogP contribution is 2.23. The van der Waals surface area contributed by atoms with Crippen molar-refractivity contribution in [3.63, 3.8) is 0 Å². The standard InChI is InChI=1S/C13H14BrNO3S2/c1-18-13(17)10-8-15(6-7-19-10)12(16)5-3-9-2-4-11(14)20-9/h2-5,10H,6-8H2,1H3/b5-3+/t10-/m0/s1. The third-order valence-corrected chi connectivity index (χ3v) is 5.58. The number of thioether (sulfide) groups is 1. The lowest BCUT2D eigenvalue weighted by Gasteiger charge is -2.30. The van der Waals surface area contributed by atoms with Crippen LogP contribution in [0.3, 0.4) is 0 Å². The molecule has 1 atom stereocenters. The fraction of sp³-hybridized carbons (Fsp3) is 0.385. The summed E-state index contributed by atoms with van der Waals surface area (Å²) < 4.78 is 5.76. The first-order chi connectivity index (χ1) is 9.60. The Balaban J connectivity index is 1.95. The highest BCUT2D eigenvalue weighted by Gasteiger charge is 2.28. The quantitative estimate of drug-likeness (QED) is 0.601. The van der Waals surface area contributed by atoms with Crippen molar-refractivity contribution in [3.05, 3.63) is 26.9 Å². The van der Waals surface area contributed by atoms with Crippen molar-refractivity contribution in [2.75, 3.05) is 26.0 Å². The molecule has 2 rings (SSSR count). The molecule has 1 fully saturated rings. The Morgan fingerprint density at radius 3 is 2.95 bits per heavy atom. The van der Waals surface area contributed by atoms with E-state index in [0.717, 1.165) is 14.4 Å². The van der Waals surface area contributed by atoms with E-state index in [2.05, 4.69) is 15.9 Å². The maximum absolute atomic E-state index is 12.1. The van der Waals surface area contributed by atoms with Gasteiger partial charge < -0.3 is 9.64 Å². The maximum Gasteiger partial charge on any atom is 0.320 e. The molecule has 0 bridgehead atoms. The average Bonchev–Trinajstić information content (AvgIpc) is 2.89. The minimum Gasteiger partial charge on any atom is -0.468 e. The monoisotopic (exact) mass is 375 g/mol. The lowest BCUT2D eigenvalue weighted by molar-refractivity contribution is -0.140. The molecule has 0 spiro atoms. The zero-order valence-corrected chi connectivity index (χ0v) is 14.1. The fourth-order valence-electron chi connectivity index (χ4n) is 1.80. The molecule has 108 valence electrons. The minimum absolute atomic E-state index is 0.0660. The van der Waals surface area contributed by atoms with Gasteiger partial charge in [-0.3, -0.25) is 9.59 Å². The van der Waals surface area contributed by atoms with Crippen LogP contribution < -0.4 is 0 Å². The Kier molecular flexibility index (Phi) is 5.68. The smallest absolute Gasteiger partial charge is 0.320 e. The van der Waals surface area contributed by atoms with Crippen molar-refractivity contribution >= 4 is 57.0 Å². The number of carbonyl (C=O) groups is 2. The summed E-state index contributed by atoms with van der Waals surface area (Å²) in [6.07, 6.45) is 3.36. The molecular weight excluding hydrogens is 362 g/mol. The summed E-state index contributed by atoms with van der Waals surface area (Å²) >= 11 is 6.49. The number of halogens is 1. The average molecular weight is 376 g/mol. The largest absolute Gasteiger partial charge is 0.468 e. The van der Waals surface area contributed by atoms with Crippen LogP contribution in [0.4, 0.5) is 0 Å². The fourth-order valence-corrected chi connectivity index (χ4v) is 4.25. The van der Waals surface area contributed by atoms with Crippen molar-refractivity contribution in [1.82, 2.24) is 4.90 Å². The molecule has 7 heteroatoms. The third kappa shape index (κ3) is 4.10. The first kappa shape index (κ1) is 15.6. The highest BCUT2D eigenvalue weighted by atomic mass is 79.9. The number of thiophene rings is 1. The number of hydrogen-bond donors (Lipinski definition) is 0. The maximum atomic E-state index is 12.1. The molecule has 1 aliphatic rings. The zero-order chi connectivity index (χ0) is 14.5. The third-order valence-electron chi connectivity index (χ3n) is 2.83. The topological polar surface area (TPSA) is 46.6 Å². The summed E-state index contributed by atoms with van der Waals surface area (Å²) in [5, 5.41) is -0.276. The zero-order valence-electron chi connectivity index (χ0n) is 10.9. The van der Waals surface area contributed by atoms with Crippen LogP contribution in [-0.2, 0) is 14.3 Å². The first-order valence-electron chi connectivity index (χ1n) is 6.02. The van der Waals surface area contributed by atoms with Gasteiger partial charge in [-0.25, -0.2) is 0 Å². The summed E-state index contributed by atoms with van der Waals surface area (Å²) in [6, 6.07) is 3.89. The van der Waals surface area contributed by atoms with E-state index in [9.17, 15) is 9.59 Å². The molecule has 1 aromatic heterocycles. The summed E-state index contributed by atoms with van der Waals surface area (Å²) in [6.45, 7) is 1.07. The van der Waals surface area contributed by atoms with Crippen LogP contribution in [-0.4, -0.2) is 48.0 Å². The van der Waals surface area contributed by atoms with Gasteiger partial charge in [-0.1, -0.05) is 0 Å². The molecular formula is C13H14BrNO3S2. The number of methoxy groups -OCH3 is 1. The van der Waals surface area contributed by atoms with Gasteiger partial charge in [0.1, 0.15) is 5.25 Å². The number of esters is 1. The molecule has 1 amide bonds. The highest BCUT2D eigenvalue weighted by molar-refractivity contribution is 9.11. The summed E-state index contributed by atoms with van der Waals surface area (Å²) in [5.41, 5.74) is 0. The second kappa shape index (κ2) is 7.28. The van der Waals surface area contributed by atoms with Gasteiger partial charge in [0, 0.05) is 29.8 Å². The van der Waals surface area contributed by atoms with Crippen LogP contribution in [0.5, 0.6) is 0 Å². The van der Waals surface area contributed by atoms with Gasteiger partial charge in [0.05, 0.1) is 10.9 Å². The number of nitrogens with zero attached hydrogens (tertiary/aromatic N) is 1. The minimum atomic E-state index is -0.276. The number of hydrogen-bond acceptors (Lipinski definition) is 5. The van der Waals surface area contributed by atoms with Gasteiger partial charge >= 0.3 is 5.97 Å². The summed E-state index contributed by atoms with van der Waals surface area (Å²) in [7, 11) is 1.37. The number of carbonyl (C=O) groups excluding carboxylic acids is 2. The lowest BCUT2D eigenvalue weighted by atomic mass is 10.3. The van der Waals surface area contributed by atoms with Crippen molar-refractivity contribution < 1.29 is 14.3 Å².